The Labute approximate surface area is 400 Å². The normalized spacial score (nSPS) is 15.1. The van der Waals surface area contributed by atoms with Gasteiger partial charge in [0.25, 0.3) is 5.91 Å². The predicted octanol–water partition coefficient (Wildman–Crippen LogP) is 1.33. The molecule has 2 aliphatic heterocycles. The van der Waals surface area contributed by atoms with Crippen molar-refractivity contribution in [3.8, 4) is 17.3 Å². The second kappa shape index (κ2) is 24.7. The molecule has 25 heteroatoms. The SMILES string of the molecule is CCC.CN(CCN(C)C(=O)n1ccc2c(-c3cnn(C4(CC#N)CNC4)c3)ncnc21)C(=O)OCc1ccc(NC(=O)CNC(=O)C2CCCN2C(=O)C(CC(N)=O)NONC(=O)CBr)cc1. The Balaban J connectivity index is 0.00000280. The van der Waals surface area contributed by atoms with E-state index in [4.69, 9.17) is 15.4 Å². The topological polar surface area (TPSA) is 306 Å². The van der Waals surface area contributed by atoms with Crippen LogP contribution in [-0.4, -0.2) is 151 Å². The lowest BCUT2D eigenvalue weighted by atomic mass is 9.89. The van der Waals surface area contributed by atoms with Crippen LogP contribution in [0.2, 0.25) is 0 Å². The van der Waals surface area contributed by atoms with E-state index in [2.05, 4.69) is 72.3 Å². The minimum atomic E-state index is -1.29. The van der Waals surface area contributed by atoms with Crippen LogP contribution in [0.3, 0.4) is 0 Å². The van der Waals surface area contributed by atoms with E-state index in [-0.39, 0.29) is 37.6 Å². The van der Waals surface area contributed by atoms with Gasteiger partial charge in [-0.15, -0.1) is 0 Å². The van der Waals surface area contributed by atoms with Crippen molar-refractivity contribution in [2.24, 2.45) is 5.73 Å². The van der Waals surface area contributed by atoms with Gasteiger partial charge in [-0.3, -0.25) is 33.2 Å². The van der Waals surface area contributed by atoms with Crippen molar-refractivity contribution in [3.05, 3.63) is 60.8 Å². The number of ether oxygens (including phenoxy) is 1. The number of amides is 7. The number of fused-ring (bicyclic) bond motifs is 1. The van der Waals surface area contributed by atoms with E-state index >= 15 is 0 Å². The summed E-state index contributed by atoms with van der Waals surface area (Å²) in [6.07, 6.45) is 7.81. The van der Waals surface area contributed by atoms with Crippen LogP contribution in [0, 0.1) is 11.3 Å². The average molecular weight is 1010 g/mol. The van der Waals surface area contributed by atoms with Gasteiger partial charge in [0.05, 0.1) is 42.7 Å². The Bertz CT molecular complexity index is 2470. The number of aromatic nitrogens is 5. The maximum atomic E-state index is 13.5. The number of halogens is 1. The number of primary amides is 1. The maximum Gasteiger partial charge on any atom is 0.409 e. The predicted molar refractivity (Wildman–Crippen MR) is 249 cm³/mol. The molecular formula is C43H56BrN15O9. The lowest BCUT2D eigenvalue weighted by molar-refractivity contribution is -0.153. The minimum Gasteiger partial charge on any atom is -0.445 e. The van der Waals surface area contributed by atoms with Crippen LogP contribution in [0.15, 0.2) is 55.2 Å². The second-order valence-corrected chi connectivity index (χ2v) is 16.7. The van der Waals surface area contributed by atoms with Gasteiger partial charge in [0.1, 0.15) is 30.6 Å². The lowest BCUT2D eigenvalue weighted by Gasteiger charge is -2.41. The first-order chi connectivity index (χ1) is 32.6. The largest absolute Gasteiger partial charge is 0.445 e. The van der Waals surface area contributed by atoms with E-state index in [9.17, 15) is 38.8 Å². The molecule has 0 saturated carbocycles. The van der Waals surface area contributed by atoms with E-state index in [1.807, 2.05) is 11.7 Å². The van der Waals surface area contributed by atoms with E-state index in [1.54, 1.807) is 61.5 Å². The van der Waals surface area contributed by atoms with Gasteiger partial charge in [-0.1, -0.05) is 48.3 Å². The van der Waals surface area contributed by atoms with Crippen LogP contribution in [0.1, 0.15) is 51.5 Å². The quantitative estimate of drug-likeness (QED) is 0.0571. The molecule has 1 aromatic carbocycles. The number of anilines is 1. The number of hydrogen-bond acceptors (Lipinski definition) is 15. The van der Waals surface area contributed by atoms with E-state index < -0.39 is 66.2 Å². The molecule has 2 unspecified atom stereocenters. The fourth-order valence-electron chi connectivity index (χ4n) is 7.14. The third-order valence-corrected chi connectivity index (χ3v) is 11.3. The molecule has 4 aromatic rings. The number of nitrogens with one attached hydrogen (secondary N) is 5. The molecule has 3 aromatic heterocycles. The minimum absolute atomic E-state index is 0.0707. The number of carbonyl (C=O) groups is 7. The van der Waals surface area contributed by atoms with Crippen LogP contribution < -0.4 is 32.6 Å². The van der Waals surface area contributed by atoms with Gasteiger partial charge in [-0.25, -0.2) is 25.0 Å². The van der Waals surface area contributed by atoms with Crippen LogP contribution in [0.5, 0.6) is 0 Å². The summed E-state index contributed by atoms with van der Waals surface area (Å²) >= 11 is 2.94. The Hall–Kier alpha value is -7.01. The number of nitrogens with two attached hydrogens (primary N) is 1. The van der Waals surface area contributed by atoms with Gasteiger partial charge in [-0.2, -0.15) is 20.8 Å². The Morgan fingerprint density at radius 2 is 1.76 bits per heavy atom. The summed E-state index contributed by atoms with van der Waals surface area (Å²) < 4.78 is 8.67. The van der Waals surface area contributed by atoms with E-state index in [0.717, 1.165) is 5.56 Å². The average Bonchev–Trinajstić information content (AvgIpc) is 4.11. The van der Waals surface area contributed by atoms with Crippen LogP contribution >= 0.6 is 15.9 Å². The number of alkyl halides is 1. The fraction of sp³-hybridized carbons (Fsp3) is 0.465. The van der Waals surface area contributed by atoms with Gasteiger partial charge in [0, 0.05) is 75.8 Å². The molecule has 7 amide bonds. The van der Waals surface area contributed by atoms with Gasteiger partial charge < -0.3 is 41.1 Å². The first-order valence-corrected chi connectivity index (χ1v) is 22.9. The number of nitrogens with zero attached hydrogens (tertiary/aromatic N) is 9. The Morgan fingerprint density at radius 1 is 1.04 bits per heavy atom. The molecule has 68 heavy (non-hydrogen) atoms. The summed E-state index contributed by atoms with van der Waals surface area (Å²) in [4.78, 5) is 106. The second-order valence-electron chi connectivity index (χ2n) is 16.1. The van der Waals surface area contributed by atoms with Crippen molar-refractivity contribution in [3.63, 3.8) is 0 Å². The van der Waals surface area contributed by atoms with Crippen LogP contribution in [0.25, 0.3) is 22.3 Å². The third kappa shape index (κ3) is 13.3. The molecule has 24 nitrogen and oxygen atoms in total. The Kier molecular flexibility index (Phi) is 18.9. The highest BCUT2D eigenvalue weighted by molar-refractivity contribution is 9.09. The van der Waals surface area contributed by atoms with Gasteiger partial charge in [0.15, 0.2) is 5.65 Å². The fourth-order valence-corrected chi connectivity index (χ4v) is 7.25. The van der Waals surface area contributed by atoms with Crippen molar-refractivity contribution in [2.75, 3.05) is 64.0 Å². The number of hydroxylamine groups is 2. The van der Waals surface area contributed by atoms with Crippen molar-refractivity contribution >= 4 is 74.3 Å². The highest BCUT2D eigenvalue weighted by Crippen LogP contribution is 2.30. The highest BCUT2D eigenvalue weighted by atomic mass is 79.9. The number of carbonyl (C=O) groups excluding carboxylic acids is 7. The molecule has 2 fully saturated rings. The maximum absolute atomic E-state index is 13.5. The molecule has 5 heterocycles. The third-order valence-electron chi connectivity index (χ3n) is 10.8. The zero-order valence-corrected chi connectivity index (χ0v) is 39.8. The molecule has 364 valence electrons. The van der Waals surface area contributed by atoms with Crippen LogP contribution in [0.4, 0.5) is 15.3 Å². The number of rotatable bonds is 19. The number of likely N-dealkylation sites (tertiary alicyclic amines) is 1. The lowest BCUT2D eigenvalue weighted by Crippen LogP contribution is -2.60. The smallest absolute Gasteiger partial charge is 0.409 e. The van der Waals surface area contributed by atoms with Gasteiger partial charge >= 0.3 is 12.1 Å². The van der Waals surface area contributed by atoms with Gasteiger partial charge in [-0.05, 0) is 36.6 Å². The summed E-state index contributed by atoms with van der Waals surface area (Å²) in [7, 11) is 3.16. The number of nitriles is 1. The monoisotopic (exact) mass is 1010 g/mol. The summed E-state index contributed by atoms with van der Waals surface area (Å²) in [5, 5.41) is 22.8. The molecule has 6 rings (SSSR count). The number of hydrogen-bond donors (Lipinski definition) is 6. The summed E-state index contributed by atoms with van der Waals surface area (Å²) in [5.74, 6) is -3.14. The molecule has 0 bridgehead atoms. The first-order valence-electron chi connectivity index (χ1n) is 21.7. The highest BCUT2D eigenvalue weighted by Gasteiger charge is 2.40. The van der Waals surface area contributed by atoms with Crippen LogP contribution in [-0.2, 0) is 45.8 Å². The van der Waals surface area contributed by atoms with Crippen molar-refractivity contribution < 1.29 is 43.2 Å². The van der Waals surface area contributed by atoms with Crippen molar-refractivity contribution in [2.45, 2.75) is 70.2 Å². The zero-order valence-electron chi connectivity index (χ0n) is 38.2. The molecule has 0 spiro atoms. The summed E-state index contributed by atoms with van der Waals surface area (Å²) in [6.45, 7) is 5.60. The molecular weight excluding hydrogens is 950 g/mol. The van der Waals surface area contributed by atoms with Gasteiger partial charge in [0.2, 0.25) is 23.6 Å². The zero-order chi connectivity index (χ0) is 49.4. The number of benzene rings is 1. The molecule has 7 N–H and O–H groups in total. The first kappa shape index (κ1) is 52.0. The molecule has 0 radical (unpaired) electrons. The van der Waals surface area contributed by atoms with E-state index in [0.29, 0.717) is 60.3 Å². The molecule has 2 saturated heterocycles. The van der Waals surface area contributed by atoms with Crippen molar-refractivity contribution in [1.29, 1.82) is 5.26 Å². The Morgan fingerprint density at radius 3 is 2.43 bits per heavy atom. The molecule has 2 atom stereocenters. The summed E-state index contributed by atoms with van der Waals surface area (Å²) in [5.41, 5.74) is 12.0. The molecule has 0 aliphatic carbocycles. The van der Waals surface area contributed by atoms with Crippen molar-refractivity contribution in [1.82, 2.24) is 60.6 Å². The summed E-state index contributed by atoms with van der Waals surface area (Å²) in [6, 6.07) is 7.93. The van der Waals surface area contributed by atoms with E-state index in [1.165, 1.54) is 32.0 Å². The number of likely N-dealkylation sites (N-methyl/N-ethyl adjacent to an activating group) is 2. The molecule has 2 aliphatic rings. The standard InChI is InChI=1S/C40H48BrN15O9.C3H8/c1-52(38(62)55-13-9-28-34(46-24-47-35(28)55)26-18-48-56(20-26)40(10-11-42)22-44-23-40)14-15-53(2)39(63)64-21-25-5-7-27(8-6-25)49-33(59)19-45-36(60)30-4-3-12-54(30)37(61)29(16-31(43)57)50-65-51-32(58)17-41;1-3-2/h5-9,13,18,20,24,29-30,44,50H,3-4,10,12,14-17,19,21-23H2,1-2H3,(H2,43,57)(H,45,60)(H,49,59)(H,51,58);3H2,1-2H3.